The maximum atomic E-state index is 11.4. The van der Waals surface area contributed by atoms with Crippen molar-refractivity contribution in [2.75, 3.05) is 20.1 Å². The van der Waals surface area contributed by atoms with Crippen LogP contribution in [0.3, 0.4) is 0 Å². The van der Waals surface area contributed by atoms with Gasteiger partial charge in [0, 0.05) is 25.7 Å². The summed E-state index contributed by atoms with van der Waals surface area (Å²) in [5.41, 5.74) is 5.11. The van der Waals surface area contributed by atoms with Crippen LogP contribution in [0.25, 0.3) is 0 Å². The van der Waals surface area contributed by atoms with Crippen molar-refractivity contribution in [2.45, 2.75) is 26.3 Å². The first-order valence-corrected chi connectivity index (χ1v) is 5.63. The third-order valence-corrected chi connectivity index (χ3v) is 3.15. The highest BCUT2D eigenvalue weighted by Crippen LogP contribution is 1.97. The quantitative estimate of drug-likeness (QED) is 0.712. The summed E-state index contributed by atoms with van der Waals surface area (Å²) in [6.45, 7) is 5.98. The minimum atomic E-state index is -3.34. The third kappa shape index (κ3) is 6.56. The molecule has 0 amide bonds. The first-order chi connectivity index (χ1) is 5.69. The van der Waals surface area contributed by atoms with E-state index >= 15 is 0 Å². The first kappa shape index (κ1) is 16.5. The lowest BCUT2D eigenvalue weighted by Crippen LogP contribution is -2.48. The Morgan fingerprint density at radius 2 is 1.86 bits per heavy atom. The molecule has 0 heterocycles. The van der Waals surface area contributed by atoms with Crippen LogP contribution in [0.5, 0.6) is 0 Å². The van der Waals surface area contributed by atoms with Crippen LogP contribution in [0.15, 0.2) is 0 Å². The highest BCUT2D eigenvalue weighted by Gasteiger charge is 2.19. The largest absolute Gasteiger partial charge is 0.324 e. The van der Waals surface area contributed by atoms with E-state index in [0.29, 0.717) is 6.54 Å². The molecule has 0 saturated heterocycles. The van der Waals surface area contributed by atoms with Crippen molar-refractivity contribution in [2.24, 2.45) is 5.73 Å². The van der Waals surface area contributed by atoms with Gasteiger partial charge in [-0.1, -0.05) is 6.92 Å². The lowest BCUT2D eigenvalue weighted by Gasteiger charge is -2.21. The predicted octanol–water partition coefficient (Wildman–Crippen LogP) is -0.0684. The molecule has 14 heavy (non-hydrogen) atoms. The van der Waals surface area contributed by atoms with Crippen molar-refractivity contribution in [1.82, 2.24) is 9.03 Å². The molecule has 0 atom stereocenters. The van der Waals surface area contributed by atoms with Crippen LogP contribution in [-0.2, 0) is 10.2 Å². The molecule has 0 saturated carbocycles. The van der Waals surface area contributed by atoms with Gasteiger partial charge in [-0.2, -0.15) is 12.7 Å². The second-order valence-corrected chi connectivity index (χ2v) is 5.59. The minimum absolute atomic E-state index is 0. The van der Waals surface area contributed by atoms with E-state index in [9.17, 15) is 8.42 Å². The van der Waals surface area contributed by atoms with Gasteiger partial charge in [-0.25, -0.2) is 4.72 Å². The molecule has 5 nitrogen and oxygen atoms in total. The fourth-order valence-electron chi connectivity index (χ4n) is 0.557. The van der Waals surface area contributed by atoms with Crippen molar-refractivity contribution in [3.05, 3.63) is 0 Å². The zero-order valence-corrected chi connectivity index (χ0v) is 10.7. The second kappa shape index (κ2) is 5.87. The normalized spacial score (nSPS) is 12.7. The van der Waals surface area contributed by atoms with Crippen LogP contribution in [0.1, 0.15) is 20.8 Å². The minimum Gasteiger partial charge on any atom is -0.324 e. The first-order valence-electron chi connectivity index (χ1n) is 4.19. The number of rotatable bonds is 5. The molecule has 3 N–H and O–H groups in total. The summed E-state index contributed by atoms with van der Waals surface area (Å²) in [6.07, 6.45) is 0. The summed E-state index contributed by atoms with van der Waals surface area (Å²) in [6, 6.07) is 0. The maximum Gasteiger partial charge on any atom is 0.279 e. The molecule has 0 bridgehead atoms. The van der Waals surface area contributed by atoms with E-state index < -0.39 is 15.7 Å². The van der Waals surface area contributed by atoms with E-state index in [1.54, 1.807) is 20.8 Å². The van der Waals surface area contributed by atoms with Gasteiger partial charge in [0.15, 0.2) is 0 Å². The Balaban J connectivity index is 0. The fraction of sp³-hybridized carbons (Fsp3) is 1.00. The Hall–Kier alpha value is 0.120. The van der Waals surface area contributed by atoms with Crippen molar-refractivity contribution in [3.8, 4) is 0 Å². The summed E-state index contributed by atoms with van der Waals surface area (Å²) < 4.78 is 26.4. The monoisotopic (exact) mass is 245 g/mol. The molecular weight excluding hydrogens is 226 g/mol. The molecule has 0 fully saturated rings. The number of hydrogen-bond acceptors (Lipinski definition) is 3. The van der Waals surface area contributed by atoms with E-state index in [1.807, 2.05) is 0 Å². The summed E-state index contributed by atoms with van der Waals surface area (Å²) in [4.78, 5) is 0. The fourth-order valence-corrected chi connectivity index (χ4v) is 1.67. The molecule has 0 aromatic rings. The number of nitrogens with two attached hydrogens (primary N) is 1. The van der Waals surface area contributed by atoms with Crippen LogP contribution in [0.2, 0.25) is 0 Å². The summed E-state index contributed by atoms with van der Waals surface area (Å²) in [5.74, 6) is 0. The lowest BCUT2D eigenvalue weighted by atomic mass is 10.1. The molecular formula is C7H20ClN3O2S. The van der Waals surface area contributed by atoms with Crippen LogP contribution >= 0.6 is 12.4 Å². The Morgan fingerprint density at radius 1 is 1.43 bits per heavy atom. The van der Waals surface area contributed by atoms with Crippen LogP contribution in [-0.4, -0.2) is 38.4 Å². The summed E-state index contributed by atoms with van der Waals surface area (Å²) >= 11 is 0. The molecule has 0 radical (unpaired) electrons. The molecule has 0 aliphatic heterocycles. The summed E-state index contributed by atoms with van der Waals surface area (Å²) in [5, 5.41) is 0. The van der Waals surface area contributed by atoms with E-state index in [4.69, 9.17) is 5.73 Å². The van der Waals surface area contributed by atoms with E-state index in [-0.39, 0.29) is 19.0 Å². The molecule has 0 aliphatic rings. The number of nitrogens with one attached hydrogen (secondary N) is 1. The number of halogens is 1. The second-order valence-electron chi connectivity index (χ2n) is 3.73. The third-order valence-electron chi connectivity index (χ3n) is 1.57. The van der Waals surface area contributed by atoms with Gasteiger partial charge < -0.3 is 5.73 Å². The van der Waals surface area contributed by atoms with Crippen molar-refractivity contribution in [1.29, 1.82) is 0 Å². The molecule has 0 unspecified atom stereocenters. The van der Waals surface area contributed by atoms with Crippen LogP contribution < -0.4 is 10.5 Å². The Bertz CT molecular complexity index is 248. The van der Waals surface area contributed by atoms with Crippen LogP contribution in [0, 0.1) is 0 Å². The highest BCUT2D eigenvalue weighted by molar-refractivity contribution is 7.87. The van der Waals surface area contributed by atoms with Crippen molar-refractivity contribution in [3.63, 3.8) is 0 Å². The number of hydrogen-bond donors (Lipinski definition) is 2. The lowest BCUT2D eigenvalue weighted by molar-refractivity contribution is 0.450. The summed E-state index contributed by atoms with van der Waals surface area (Å²) in [7, 11) is -1.82. The van der Waals surface area contributed by atoms with E-state index in [2.05, 4.69) is 4.72 Å². The van der Waals surface area contributed by atoms with Crippen LogP contribution in [0.4, 0.5) is 0 Å². The zero-order chi connectivity index (χ0) is 10.7. The average molecular weight is 246 g/mol. The zero-order valence-electron chi connectivity index (χ0n) is 9.07. The van der Waals surface area contributed by atoms with Gasteiger partial charge in [-0.05, 0) is 13.8 Å². The van der Waals surface area contributed by atoms with Crippen molar-refractivity contribution < 1.29 is 8.42 Å². The van der Waals surface area contributed by atoms with Gasteiger partial charge in [0.25, 0.3) is 10.2 Å². The average Bonchev–Trinajstić information content (AvgIpc) is 1.98. The Labute approximate surface area is 92.6 Å². The predicted molar refractivity (Wildman–Crippen MR) is 60.7 cm³/mol. The van der Waals surface area contributed by atoms with Crippen molar-refractivity contribution >= 4 is 22.6 Å². The van der Waals surface area contributed by atoms with E-state index in [1.165, 1.54) is 11.4 Å². The molecule has 88 valence electrons. The smallest absolute Gasteiger partial charge is 0.279 e. The Kier molecular flexibility index (Phi) is 6.94. The van der Waals surface area contributed by atoms with Gasteiger partial charge in [0.05, 0.1) is 0 Å². The maximum absolute atomic E-state index is 11.4. The van der Waals surface area contributed by atoms with E-state index in [0.717, 1.165) is 0 Å². The standard InChI is InChI=1S/C7H19N3O2S.ClH/c1-5-10(4)13(11,12)9-6-7(2,3)8;/h9H,5-6,8H2,1-4H3;1H. The Morgan fingerprint density at radius 3 is 2.14 bits per heavy atom. The number of nitrogens with zero attached hydrogens (tertiary/aromatic N) is 1. The SMILES string of the molecule is CCN(C)S(=O)(=O)NCC(C)(C)N.Cl. The molecule has 0 rings (SSSR count). The molecule has 0 aliphatic carbocycles. The van der Waals surface area contributed by atoms with Gasteiger partial charge in [0.1, 0.15) is 0 Å². The molecule has 0 spiro atoms. The topological polar surface area (TPSA) is 75.4 Å². The molecule has 0 aromatic heterocycles. The molecule has 0 aromatic carbocycles. The molecule has 7 heteroatoms. The highest BCUT2D eigenvalue weighted by atomic mass is 35.5. The van der Waals surface area contributed by atoms with Gasteiger partial charge in [-0.3, -0.25) is 0 Å². The van der Waals surface area contributed by atoms with Gasteiger partial charge in [-0.15, -0.1) is 12.4 Å². The van der Waals surface area contributed by atoms with Gasteiger partial charge in [0.2, 0.25) is 0 Å². The van der Waals surface area contributed by atoms with Gasteiger partial charge >= 0.3 is 0 Å².